The van der Waals surface area contributed by atoms with Crippen molar-refractivity contribution in [2.45, 2.75) is 19.5 Å². The minimum absolute atomic E-state index is 0.0112. The maximum Gasteiger partial charge on any atom is 0.275 e. The van der Waals surface area contributed by atoms with E-state index >= 15 is 0 Å². The standard InChI is InChI=1S/C19H22N2O3/c1-14(16-6-4-3-5-7-16)20-19(22)12-21(2)11-15-8-9-17-18(10-15)24-13-23-17/h3-10,14H,11-13H2,1-2H3,(H,20,22)/p+1/t14-/m0/s1. The average Bonchev–Trinajstić information content (AvgIpc) is 3.03. The molecule has 5 nitrogen and oxygen atoms in total. The number of quaternary nitrogens is 1. The van der Waals surface area contributed by atoms with Gasteiger partial charge in [0.25, 0.3) is 5.91 Å². The van der Waals surface area contributed by atoms with E-state index in [0.29, 0.717) is 6.54 Å². The number of hydrogen-bond acceptors (Lipinski definition) is 3. The SMILES string of the molecule is C[C@H](NC(=O)C[NH+](C)Cc1ccc2c(c1)OCO2)c1ccccc1. The predicted octanol–water partition coefficient (Wildman–Crippen LogP) is 1.31. The van der Waals surface area contributed by atoms with Crippen molar-refractivity contribution in [3.8, 4) is 11.5 Å². The van der Waals surface area contributed by atoms with Gasteiger partial charge in [0.15, 0.2) is 18.0 Å². The van der Waals surface area contributed by atoms with Gasteiger partial charge in [0.05, 0.1) is 13.1 Å². The molecule has 0 aliphatic carbocycles. The lowest BCUT2D eigenvalue weighted by molar-refractivity contribution is -0.885. The highest BCUT2D eigenvalue weighted by atomic mass is 16.7. The van der Waals surface area contributed by atoms with Crippen LogP contribution in [0.5, 0.6) is 11.5 Å². The van der Waals surface area contributed by atoms with Crippen molar-refractivity contribution in [3.63, 3.8) is 0 Å². The molecule has 0 spiro atoms. The highest BCUT2D eigenvalue weighted by molar-refractivity contribution is 5.77. The van der Waals surface area contributed by atoms with Gasteiger partial charge in [-0.05, 0) is 30.7 Å². The summed E-state index contributed by atoms with van der Waals surface area (Å²) >= 11 is 0. The number of amides is 1. The Morgan fingerprint density at radius 1 is 1.17 bits per heavy atom. The molecule has 24 heavy (non-hydrogen) atoms. The van der Waals surface area contributed by atoms with Crippen molar-refractivity contribution in [2.24, 2.45) is 0 Å². The molecular formula is C19H23N2O3+. The minimum Gasteiger partial charge on any atom is -0.454 e. The number of carbonyl (C=O) groups is 1. The fourth-order valence-electron chi connectivity index (χ4n) is 2.85. The molecule has 1 unspecified atom stereocenters. The third-order valence-electron chi connectivity index (χ3n) is 4.08. The van der Waals surface area contributed by atoms with Crippen LogP contribution in [0.4, 0.5) is 0 Å². The molecule has 1 aliphatic heterocycles. The Bertz CT molecular complexity index is 703. The van der Waals surface area contributed by atoms with Crippen LogP contribution in [0.15, 0.2) is 48.5 Å². The van der Waals surface area contributed by atoms with Crippen LogP contribution in [-0.2, 0) is 11.3 Å². The molecular weight excluding hydrogens is 304 g/mol. The summed E-state index contributed by atoms with van der Waals surface area (Å²) in [6.07, 6.45) is 0. The van der Waals surface area contributed by atoms with Crippen molar-refractivity contribution in [1.82, 2.24) is 5.32 Å². The summed E-state index contributed by atoms with van der Waals surface area (Å²) in [5.74, 6) is 1.61. The van der Waals surface area contributed by atoms with Crippen LogP contribution in [0.1, 0.15) is 24.1 Å². The second-order valence-corrected chi connectivity index (χ2v) is 6.20. The first kappa shape index (κ1) is 16.3. The maximum atomic E-state index is 12.2. The topological polar surface area (TPSA) is 52.0 Å². The van der Waals surface area contributed by atoms with Gasteiger partial charge in [0, 0.05) is 5.56 Å². The van der Waals surface area contributed by atoms with E-state index in [1.54, 1.807) is 0 Å². The summed E-state index contributed by atoms with van der Waals surface area (Å²) in [7, 11) is 2.01. The smallest absolute Gasteiger partial charge is 0.275 e. The van der Waals surface area contributed by atoms with E-state index < -0.39 is 0 Å². The summed E-state index contributed by atoms with van der Waals surface area (Å²) in [4.78, 5) is 13.4. The molecule has 2 N–H and O–H groups in total. The van der Waals surface area contributed by atoms with Crippen LogP contribution in [0.25, 0.3) is 0 Å². The third-order valence-corrected chi connectivity index (χ3v) is 4.08. The predicted molar refractivity (Wildman–Crippen MR) is 91.0 cm³/mol. The quantitative estimate of drug-likeness (QED) is 0.841. The molecule has 2 atom stereocenters. The fourth-order valence-corrected chi connectivity index (χ4v) is 2.85. The lowest BCUT2D eigenvalue weighted by Gasteiger charge is -2.17. The van der Waals surface area contributed by atoms with Crippen molar-refractivity contribution < 1.29 is 19.2 Å². The first-order valence-corrected chi connectivity index (χ1v) is 8.16. The normalized spacial score (nSPS) is 14.9. The molecule has 0 saturated heterocycles. The summed E-state index contributed by atoms with van der Waals surface area (Å²) in [6, 6.07) is 15.9. The highest BCUT2D eigenvalue weighted by Crippen LogP contribution is 2.32. The van der Waals surface area contributed by atoms with Gasteiger partial charge in [-0.2, -0.15) is 0 Å². The number of benzene rings is 2. The monoisotopic (exact) mass is 327 g/mol. The molecule has 2 aromatic rings. The fraction of sp³-hybridized carbons (Fsp3) is 0.316. The van der Waals surface area contributed by atoms with E-state index in [2.05, 4.69) is 5.32 Å². The van der Waals surface area contributed by atoms with Crippen LogP contribution in [0.2, 0.25) is 0 Å². The largest absolute Gasteiger partial charge is 0.454 e. The van der Waals surface area contributed by atoms with Crippen LogP contribution in [-0.4, -0.2) is 26.3 Å². The number of likely N-dealkylation sites (N-methyl/N-ethyl adjacent to an activating group) is 1. The van der Waals surface area contributed by atoms with Gasteiger partial charge in [-0.3, -0.25) is 4.79 Å². The minimum atomic E-state index is 0.0112. The summed E-state index contributed by atoms with van der Waals surface area (Å²) < 4.78 is 10.7. The van der Waals surface area contributed by atoms with Crippen molar-refractivity contribution >= 4 is 5.91 Å². The Balaban J connectivity index is 1.51. The zero-order valence-electron chi connectivity index (χ0n) is 14.0. The lowest BCUT2D eigenvalue weighted by Crippen LogP contribution is -3.08. The van der Waals surface area contributed by atoms with Crippen LogP contribution < -0.4 is 19.7 Å². The van der Waals surface area contributed by atoms with E-state index in [1.807, 2.05) is 62.5 Å². The van der Waals surface area contributed by atoms with Gasteiger partial charge in [-0.25, -0.2) is 0 Å². The number of nitrogens with one attached hydrogen (secondary N) is 2. The Kier molecular flexibility index (Phi) is 5.01. The lowest BCUT2D eigenvalue weighted by atomic mass is 10.1. The Morgan fingerprint density at radius 3 is 2.71 bits per heavy atom. The molecule has 1 heterocycles. The summed E-state index contributed by atoms with van der Waals surface area (Å²) in [5, 5.41) is 3.05. The molecule has 3 rings (SSSR count). The van der Waals surface area contributed by atoms with Gasteiger partial charge in [-0.15, -0.1) is 0 Å². The number of carbonyl (C=O) groups excluding carboxylic acids is 1. The van der Waals surface area contributed by atoms with Crippen molar-refractivity contribution in [1.29, 1.82) is 0 Å². The number of fused-ring (bicyclic) bond motifs is 1. The molecule has 5 heteroatoms. The Labute approximate surface area is 142 Å². The first-order valence-electron chi connectivity index (χ1n) is 8.16. The van der Waals surface area contributed by atoms with E-state index in [0.717, 1.165) is 34.1 Å². The van der Waals surface area contributed by atoms with E-state index in [1.165, 1.54) is 0 Å². The number of hydrogen-bond donors (Lipinski definition) is 2. The molecule has 0 aromatic heterocycles. The summed E-state index contributed by atoms with van der Waals surface area (Å²) in [6.45, 7) is 3.46. The molecule has 0 saturated carbocycles. The first-order chi connectivity index (χ1) is 11.6. The molecule has 2 aromatic carbocycles. The average molecular weight is 327 g/mol. The number of ether oxygens (including phenoxy) is 2. The molecule has 1 aliphatic rings. The second-order valence-electron chi connectivity index (χ2n) is 6.20. The summed E-state index contributed by atoms with van der Waals surface area (Å²) in [5.41, 5.74) is 2.24. The Hall–Kier alpha value is -2.53. The van der Waals surface area contributed by atoms with Crippen molar-refractivity contribution in [3.05, 3.63) is 59.7 Å². The zero-order valence-corrected chi connectivity index (χ0v) is 14.0. The van der Waals surface area contributed by atoms with Crippen LogP contribution in [0.3, 0.4) is 0 Å². The third kappa shape index (κ3) is 4.06. The molecule has 126 valence electrons. The van der Waals surface area contributed by atoms with Crippen LogP contribution >= 0.6 is 0 Å². The molecule has 1 amide bonds. The molecule has 0 bridgehead atoms. The maximum absolute atomic E-state index is 12.2. The van der Waals surface area contributed by atoms with E-state index in [4.69, 9.17) is 9.47 Å². The van der Waals surface area contributed by atoms with Gasteiger partial charge in [0.2, 0.25) is 6.79 Å². The number of rotatable bonds is 6. The van der Waals surface area contributed by atoms with Gasteiger partial charge in [-0.1, -0.05) is 30.3 Å². The van der Waals surface area contributed by atoms with E-state index in [9.17, 15) is 4.79 Å². The second kappa shape index (κ2) is 7.36. The van der Waals surface area contributed by atoms with Gasteiger partial charge in [0.1, 0.15) is 6.54 Å². The van der Waals surface area contributed by atoms with E-state index in [-0.39, 0.29) is 18.7 Å². The van der Waals surface area contributed by atoms with Crippen LogP contribution in [0, 0.1) is 0 Å². The van der Waals surface area contributed by atoms with Gasteiger partial charge < -0.3 is 19.7 Å². The zero-order chi connectivity index (χ0) is 16.9. The van der Waals surface area contributed by atoms with Gasteiger partial charge >= 0.3 is 0 Å². The highest BCUT2D eigenvalue weighted by Gasteiger charge is 2.17. The molecule has 0 fully saturated rings. The van der Waals surface area contributed by atoms with Crippen molar-refractivity contribution in [2.75, 3.05) is 20.4 Å². The molecule has 0 radical (unpaired) electrons. The Morgan fingerprint density at radius 2 is 1.92 bits per heavy atom.